The van der Waals surface area contributed by atoms with Crippen molar-refractivity contribution in [2.75, 3.05) is 12.4 Å². The van der Waals surface area contributed by atoms with E-state index in [0.29, 0.717) is 11.4 Å². The molecule has 2 rings (SSSR count). The number of rotatable bonds is 2. The third-order valence-electron chi connectivity index (χ3n) is 2.58. The molecule has 0 saturated carbocycles. The maximum atomic E-state index is 11.9. The van der Waals surface area contributed by atoms with Gasteiger partial charge in [0.2, 0.25) is 0 Å². The second-order valence-corrected chi connectivity index (χ2v) is 3.77. The molecule has 0 bridgehead atoms. The lowest BCUT2D eigenvalue weighted by Crippen LogP contribution is -2.36. The van der Waals surface area contributed by atoms with Gasteiger partial charge in [0.15, 0.2) is 0 Å². The minimum absolute atomic E-state index is 0.0295. The summed E-state index contributed by atoms with van der Waals surface area (Å²) in [5.74, 6) is 0.547. The van der Waals surface area contributed by atoms with Crippen LogP contribution in [0.3, 0.4) is 0 Å². The number of halogens is 1. The fourth-order valence-electron chi connectivity index (χ4n) is 1.82. The molecule has 0 radical (unpaired) electrons. The van der Waals surface area contributed by atoms with Gasteiger partial charge in [-0.1, -0.05) is 0 Å². The number of alkyl halides is 1. The summed E-state index contributed by atoms with van der Waals surface area (Å²) in [6.45, 7) is 0.807. The molecular weight excluding hydrogens is 202 g/mol. The van der Waals surface area contributed by atoms with Gasteiger partial charge in [-0.2, -0.15) is 0 Å². The predicted octanol–water partition coefficient (Wildman–Crippen LogP) is 2.12. The number of furan rings is 1. The van der Waals surface area contributed by atoms with Crippen LogP contribution in [0.15, 0.2) is 23.0 Å². The lowest BCUT2D eigenvalue weighted by Gasteiger charge is -2.21. The Balaban J connectivity index is 2.11. The first kappa shape index (κ1) is 9.59. The normalized spacial score (nSPS) is 21.5. The molecule has 4 heteroatoms. The van der Waals surface area contributed by atoms with Crippen molar-refractivity contribution in [2.24, 2.45) is 0 Å². The van der Waals surface area contributed by atoms with Gasteiger partial charge < -0.3 is 9.32 Å². The molecule has 0 N–H and O–H groups in total. The molecule has 1 aliphatic rings. The van der Waals surface area contributed by atoms with Crippen molar-refractivity contribution in [3.05, 3.63) is 24.2 Å². The lowest BCUT2D eigenvalue weighted by atomic mass is 10.2. The van der Waals surface area contributed by atoms with E-state index in [-0.39, 0.29) is 11.9 Å². The van der Waals surface area contributed by atoms with Gasteiger partial charge in [0.25, 0.3) is 5.91 Å². The van der Waals surface area contributed by atoms with Gasteiger partial charge in [0.05, 0.1) is 11.8 Å². The number of likely N-dealkylation sites (tertiary alicyclic amines) is 1. The van der Waals surface area contributed by atoms with Crippen LogP contribution in [0.25, 0.3) is 0 Å². The third-order valence-corrected chi connectivity index (χ3v) is 2.94. The van der Waals surface area contributed by atoms with E-state index in [1.807, 2.05) is 4.90 Å². The number of hydrogen-bond acceptors (Lipinski definition) is 2. The fourth-order valence-corrected chi connectivity index (χ4v) is 2.14. The van der Waals surface area contributed by atoms with Crippen LogP contribution < -0.4 is 0 Å². The Hall–Kier alpha value is -0.960. The van der Waals surface area contributed by atoms with Crippen LogP contribution >= 0.6 is 11.6 Å². The van der Waals surface area contributed by atoms with Gasteiger partial charge in [-0.15, -0.1) is 11.6 Å². The summed E-state index contributed by atoms with van der Waals surface area (Å²) in [5, 5.41) is 0. The van der Waals surface area contributed by atoms with Crippen LogP contribution in [-0.4, -0.2) is 29.3 Å². The lowest BCUT2D eigenvalue weighted by molar-refractivity contribution is 0.0748. The molecule has 1 fully saturated rings. The van der Waals surface area contributed by atoms with Crippen LogP contribution in [0.4, 0.5) is 0 Å². The first-order valence-electron chi connectivity index (χ1n) is 4.72. The molecule has 1 amide bonds. The largest absolute Gasteiger partial charge is 0.472 e. The summed E-state index contributed by atoms with van der Waals surface area (Å²) >= 11 is 5.79. The Labute approximate surface area is 87.6 Å². The molecule has 1 aromatic rings. The standard InChI is InChI=1S/C10H12ClNO2/c11-6-9-2-1-4-12(9)10(13)8-3-5-14-7-8/h3,5,7,9H,1-2,4,6H2. The highest BCUT2D eigenvalue weighted by molar-refractivity contribution is 6.18. The monoisotopic (exact) mass is 213 g/mol. The minimum Gasteiger partial charge on any atom is -0.472 e. The second kappa shape index (κ2) is 4.05. The second-order valence-electron chi connectivity index (χ2n) is 3.46. The first-order valence-corrected chi connectivity index (χ1v) is 5.25. The number of nitrogens with zero attached hydrogens (tertiary/aromatic N) is 1. The molecule has 0 aliphatic carbocycles. The summed E-state index contributed by atoms with van der Waals surface area (Å²) in [6, 6.07) is 1.88. The van der Waals surface area contributed by atoms with Crippen molar-refractivity contribution in [3.63, 3.8) is 0 Å². The highest BCUT2D eigenvalue weighted by Crippen LogP contribution is 2.20. The van der Waals surface area contributed by atoms with Gasteiger partial charge in [0, 0.05) is 18.5 Å². The zero-order valence-corrected chi connectivity index (χ0v) is 8.54. The van der Waals surface area contributed by atoms with E-state index in [2.05, 4.69) is 0 Å². The molecule has 1 aromatic heterocycles. The predicted molar refractivity (Wildman–Crippen MR) is 53.5 cm³/mol. The molecule has 0 spiro atoms. The van der Waals surface area contributed by atoms with E-state index in [9.17, 15) is 4.79 Å². The van der Waals surface area contributed by atoms with Crippen molar-refractivity contribution in [1.82, 2.24) is 4.90 Å². The SMILES string of the molecule is O=C(c1ccoc1)N1CCCC1CCl. The van der Waals surface area contributed by atoms with Crippen molar-refractivity contribution in [3.8, 4) is 0 Å². The van der Waals surface area contributed by atoms with E-state index in [1.165, 1.54) is 12.5 Å². The fraction of sp³-hybridized carbons (Fsp3) is 0.500. The number of hydrogen-bond donors (Lipinski definition) is 0. The van der Waals surface area contributed by atoms with Crippen molar-refractivity contribution >= 4 is 17.5 Å². The summed E-state index contributed by atoms with van der Waals surface area (Å²) in [5.41, 5.74) is 0.613. The van der Waals surface area contributed by atoms with E-state index >= 15 is 0 Å². The molecular formula is C10H12ClNO2. The van der Waals surface area contributed by atoms with Crippen LogP contribution in [-0.2, 0) is 0 Å². The van der Waals surface area contributed by atoms with E-state index in [1.54, 1.807) is 6.07 Å². The Morgan fingerprint density at radius 1 is 1.71 bits per heavy atom. The molecule has 1 atom stereocenters. The summed E-state index contributed by atoms with van der Waals surface area (Å²) < 4.78 is 4.88. The van der Waals surface area contributed by atoms with Gasteiger partial charge in [-0.05, 0) is 18.9 Å². The topological polar surface area (TPSA) is 33.5 Å². The van der Waals surface area contributed by atoms with E-state index < -0.39 is 0 Å². The number of carbonyl (C=O) groups excluding carboxylic acids is 1. The molecule has 14 heavy (non-hydrogen) atoms. The van der Waals surface area contributed by atoms with Crippen molar-refractivity contribution in [2.45, 2.75) is 18.9 Å². The number of carbonyl (C=O) groups is 1. The molecule has 3 nitrogen and oxygen atoms in total. The van der Waals surface area contributed by atoms with Crippen LogP contribution in [0.2, 0.25) is 0 Å². The smallest absolute Gasteiger partial charge is 0.257 e. The molecule has 2 heterocycles. The molecule has 1 saturated heterocycles. The average molecular weight is 214 g/mol. The Bertz CT molecular complexity index is 310. The van der Waals surface area contributed by atoms with Crippen LogP contribution in [0, 0.1) is 0 Å². The van der Waals surface area contributed by atoms with Gasteiger partial charge >= 0.3 is 0 Å². The first-order chi connectivity index (χ1) is 6.83. The van der Waals surface area contributed by atoms with Gasteiger partial charge in [0.1, 0.15) is 6.26 Å². The molecule has 1 aliphatic heterocycles. The summed E-state index contributed by atoms with van der Waals surface area (Å²) in [4.78, 5) is 13.7. The third kappa shape index (κ3) is 1.64. The van der Waals surface area contributed by atoms with Gasteiger partial charge in [-0.3, -0.25) is 4.79 Å². The highest BCUT2D eigenvalue weighted by atomic mass is 35.5. The molecule has 0 aromatic carbocycles. The zero-order valence-electron chi connectivity index (χ0n) is 7.78. The number of amides is 1. The molecule has 1 unspecified atom stereocenters. The highest BCUT2D eigenvalue weighted by Gasteiger charge is 2.28. The van der Waals surface area contributed by atoms with Crippen molar-refractivity contribution in [1.29, 1.82) is 0 Å². The maximum absolute atomic E-state index is 11.9. The average Bonchev–Trinajstić information content (AvgIpc) is 2.87. The Morgan fingerprint density at radius 3 is 3.21 bits per heavy atom. The Morgan fingerprint density at radius 2 is 2.57 bits per heavy atom. The van der Waals surface area contributed by atoms with E-state index in [4.69, 9.17) is 16.0 Å². The van der Waals surface area contributed by atoms with Gasteiger partial charge in [-0.25, -0.2) is 0 Å². The van der Waals surface area contributed by atoms with Crippen LogP contribution in [0.5, 0.6) is 0 Å². The minimum atomic E-state index is 0.0295. The Kier molecular flexibility index (Phi) is 2.77. The maximum Gasteiger partial charge on any atom is 0.257 e. The molecule has 76 valence electrons. The van der Waals surface area contributed by atoms with E-state index in [0.717, 1.165) is 19.4 Å². The summed E-state index contributed by atoms with van der Waals surface area (Å²) in [6.07, 6.45) is 5.04. The quantitative estimate of drug-likeness (QED) is 0.706. The van der Waals surface area contributed by atoms with Crippen LogP contribution in [0.1, 0.15) is 23.2 Å². The van der Waals surface area contributed by atoms with Crippen molar-refractivity contribution < 1.29 is 9.21 Å². The zero-order chi connectivity index (χ0) is 9.97. The summed E-state index contributed by atoms with van der Waals surface area (Å²) in [7, 11) is 0.